The summed E-state index contributed by atoms with van der Waals surface area (Å²) in [4.78, 5) is 16.7. The van der Waals surface area contributed by atoms with Gasteiger partial charge in [0.15, 0.2) is 9.84 Å². The molecule has 24 heavy (non-hydrogen) atoms. The molecule has 1 fully saturated rings. The smallest absolute Gasteiger partial charge is 0.263 e. The van der Waals surface area contributed by atoms with E-state index in [1.807, 2.05) is 17.0 Å². The maximum Gasteiger partial charge on any atom is 0.263 e. The maximum atomic E-state index is 12.8. The Morgan fingerprint density at radius 2 is 1.75 bits per heavy atom. The topological polar surface area (TPSA) is 54.5 Å². The molecule has 2 aromatic rings. The Hall–Kier alpha value is -1.66. The Morgan fingerprint density at radius 3 is 2.50 bits per heavy atom. The van der Waals surface area contributed by atoms with Gasteiger partial charge >= 0.3 is 0 Å². The van der Waals surface area contributed by atoms with Crippen LogP contribution in [-0.4, -0.2) is 32.3 Å². The van der Waals surface area contributed by atoms with Crippen LogP contribution in [0.25, 0.3) is 10.4 Å². The monoisotopic (exact) mass is 361 g/mol. The van der Waals surface area contributed by atoms with Gasteiger partial charge in [0.1, 0.15) is 0 Å². The van der Waals surface area contributed by atoms with Crippen molar-refractivity contribution in [1.29, 1.82) is 0 Å². The number of benzene rings is 1. The minimum Gasteiger partial charge on any atom is -0.338 e. The molecule has 4 nitrogen and oxygen atoms in total. The number of hydrogen-bond acceptors (Lipinski definition) is 4. The molecule has 0 unspecified atom stereocenters. The molecule has 1 saturated heterocycles. The molecule has 1 aromatic heterocycles. The average molecular weight is 361 g/mol. The number of fused-ring (bicyclic) bond motifs is 3. The zero-order valence-electron chi connectivity index (χ0n) is 13.3. The van der Waals surface area contributed by atoms with E-state index in [2.05, 4.69) is 0 Å². The summed E-state index contributed by atoms with van der Waals surface area (Å²) in [7, 11) is -3.32. The fourth-order valence-corrected chi connectivity index (χ4v) is 6.43. The lowest BCUT2D eigenvalue weighted by molar-refractivity contribution is 0.0766. The second kappa shape index (κ2) is 6.01. The van der Waals surface area contributed by atoms with Gasteiger partial charge in [0, 0.05) is 23.5 Å². The summed E-state index contributed by atoms with van der Waals surface area (Å²) in [6.45, 7) is 1.60. The largest absolute Gasteiger partial charge is 0.338 e. The van der Waals surface area contributed by atoms with Crippen LogP contribution in [0.15, 0.2) is 35.2 Å². The van der Waals surface area contributed by atoms with Crippen molar-refractivity contribution in [2.75, 3.05) is 13.1 Å². The summed E-state index contributed by atoms with van der Waals surface area (Å²) in [6, 6.07) is 8.88. The number of carbonyl (C=O) groups is 1. The summed E-state index contributed by atoms with van der Waals surface area (Å²) in [5.41, 5.74) is 1.50. The van der Waals surface area contributed by atoms with Crippen LogP contribution in [0.1, 0.15) is 40.9 Å². The summed E-state index contributed by atoms with van der Waals surface area (Å²) in [5, 5.41) is 0. The molecule has 0 saturated carbocycles. The van der Waals surface area contributed by atoms with Gasteiger partial charge in [0.2, 0.25) is 0 Å². The molecule has 1 aromatic carbocycles. The molecule has 2 aliphatic heterocycles. The number of rotatable bonds is 1. The molecule has 3 heterocycles. The lowest BCUT2D eigenvalue weighted by atomic mass is 10.1. The van der Waals surface area contributed by atoms with Crippen molar-refractivity contribution in [3.8, 4) is 10.4 Å². The Kier molecular flexibility index (Phi) is 3.96. The fourth-order valence-electron chi connectivity index (χ4n) is 3.51. The third kappa shape index (κ3) is 2.67. The molecule has 4 rings (SSSR count). The Labute approximate surface area is 146 Å². The fraction of sp³-hybridized carbons (Fsp3) is 0.389. The highest BCUT2D eigenvalue weighted by Gasteiger charge is 2.31. The number of thiophene rings is 1. The van der Waals surface area contributed by atoms with Gasteiger partial charge in [-0.1, -0.05) is 31.0 Å². The molecule has 0 aliphatic carbocycles. The summed E-state index contributed by atoms with van der Waals surface area (Å²) < 4.78 is 24.9. The third-order valence-corrected chi connectivity index (χ3v) is 7.64. The highest BCUT2D eigenvalue weighted by Crippen LogP contribution is 2.42. The average Bonchev–Trinajstić information content (AvgIpc) is 2.80. The SMILES string of the molecule is O=C(c1cc2c(s1)-c1ccccc1S(=O)(=O)C2)N1CCCCCC1. The van der Waals surface area contributed by atoms with E-state index in [1.54, 1.807) is 18.2 Å². The molecule has 0 radical (unpaired) electrons. The summed E-state index contributed by atoms with van der Waals surface area (Å²) >= 11 is 1.43. The minimum absolute atomic E-state index is 0.0108. The van der Waals surface area contributed by atoms with Crippen molar-refractivity contribution in [1.82, 2.24) is 4.90 Å². The first-order valence-electron chi connectivity index (χ1n) is 8.30. The lowest BCUT2D eigenvalue weighted by Crippen LogP contribution is -2.31. The standard InChI is InChI=1S/C18H19NO3S2/c20-18(19-9-5-1-2-6-10-19)15-11-13-12-24(21,22)16-8-4-3-7-14(16)17(13)23-15/h3-4,7-8,11H,1-2,5-6,9-10,12H2. The van der Waals surface area contributed by atoms with E-state index in [0.29, 0.717) is 9.77 Å². The number of sulfone groups is 1. The Balaban J connectivity index is 1.73. The molecular formula is C18H19NO3S2. The van der Waals surface area contributed by atoms with Crippen molar-refractivity contribution >= 4 is 27.1 Å². The normalized spacial score (nSPS) is 19.2. The first-order chi connectivity index (χ1) is 11.6. The van der Waals surface area contributed by atoms with Gasteiger partial charge in [-0.05, 0) is 30.5 Å². The first kappa shape index (κ1) is 15.8. The summed E-state index contributed by atoms with van der Waals surface area (Å²) in [5.74, 6) is 0.0366. The first-order valence-corrected chi connectivity index (χ1v) is 10.8. The van der Waals surface area contributed by atoms with Gasteiger partial charge in [-0.3, -0.25) is 4.79 Å². The van der Waals surface area contributed by atoms with E-state index >= 15 is 0 Å². The van der Waals surface area contributed by atoms with Crippen LogP contribution in [0.4, 0.5) is 0 Å². The van der Waals surface area contributed by atoms with E-state index < -0.39 is 9.84 Å². The molecule has 0 atom stereocenters. The second-order valence-electron chi connectivity index (χ2n) is 6.43. The quantitative estimate of drug-likeness (QED) is 0.778. The van der Waals surface area contributed by atoms with Crippen LogP contribution >= 0.6 is 11.3 Å². The van der Waals surface area contributed by atoms with Crippen molar-refractivity contribution in [3.63, 3.8) is 0 Å². The number of hydrogen-bond donors (Lipinski definition) is 0. The van der Waals surface area contributed by atoms with E-state index in [4.69, 9.17) is 0 Å². The number of likely N-dealkylation sites (tertiary alicyclic amines) is 1. The molecule has 1 amide bonds. The third-order valence-electron chi connectivity index (χ3n) is 4.73. The van der Waals surface area contributed by atoms with Crippen molar-refractivity contribution < 1.29 is 13.2 Å². The Morgan fingerprint density at radius 1 is 1.04 bits per heavy atom. The zero-order chi connectivity index (χ0) is 16.7. The highest BCUT2D eigenvalue weighted by atomic mass is 32.2. The van der Waals surface area contributed by atoms with Crippen molar-refractivity contribution in [2.45, 2.75) is 36.3 Å². The predicted molar refractivity (Wildman–Crippen MR) is 95.0 cm³/mol. The number of amides is 1. The van der Waals surface area contributed by atoms with E-state index in [9.17, 15) is 13.2 Å². The van der Waals surface area contributed by atoms with Gasteiger partial charge in [0.05, 0.1) is 15.5 Å². The molecule has 0 spiro atoms. The van der Waals surface area contributed by atoms with E-state index in [0.717, 1.165) is 41.9 Å². The van der Waals surface area contributed by atoms with E-state index in [-0.39, 0.29) is 11.7 Å². The van der Waals surface area contributed by atoms with Gasteiger partial charge < -0.3 is 4.90 Å². The number of nitrogens with zero attached hydrogens (tertiary/aromatic N) is 1. The molecule has 0 N–H and O–H groups in total. The van der Waals surface area contributed by atoms with Gasteiger partial charge in [-0.2, -0.15) is 0 Å². The Bertz CT molecular complexity index is 891. The predicted octanol–water partition coefficient (Wildman–Crippen LogP) is 3.72. The molecule has 2 aliphatic rings. The molecule has 0 bridgehead atoms. The zero-order valence-corrected chi connectivity index (χ0v) is 15.0. The van der Waals surface area contributed by atoms with Gasteiger partial charge in [-0.25, -0.2) is 8.42 Å². The molecule has 6 heteroatoms. The summed E-state index contributed by atoms with van der Waals surface area (Å²) in [6.07, 6.45) is 4.45. The number of carbonyl (C=O) groups excluding carboxylic acids is 1. The van der Waals surface area contributed by atoms with Crippen LogP contribution in [-0.2, 0) is 15.6 Å². The van der Waals surface area contributed by atoms with Crippen LogP contribution in [0.3, 0.4) is 0 Å². The van der Waals surface area contributed by atoms with Crippen LogP contribution in [0.2, 0.25) is 0 Å². The van der Waals surface area contributed by atoms with Crippen LogP contribution in [0, 0.1) is 0 Å². The molecular weight excluding hydrogens is 342 g/mol. The van der Waals surface area contributed by atoms with E-state index in [1.165, 1.54) is 24.2 Å². The van der Waals surface area contributed by atoms with Gasteiger partial charge in [-0.15, -0.1) is 11.3 Å². The van der Waals surface area contributed by atoms with Gasteiger partial charge in [0.25, 0.3) is 5.91 Å². The van der Waals surface area contributed by atoms with Crippen molar-refractivity contribution in [2.24, 2.45) is 0 Å². The van der Waals surface area contributed by atoms with Crippen LogP contribution in [0.5, 0.6) is 0 Å². The van der Waals surface area contributed by atoms with Crippen molar-refractivity contribution in [3.05, 3.63) is 40.8 Å². The maximum absolute atomic E-state index is 12.8. The lowest BCUT2D eigenvalue weighted by Gasteiger charge is -2.19. The second-order valence-corrected chi connectivity index (χ2v) is 9.44. The minimum atomic E-state index is -3.32. The van der Waals surface area contributed by atoms with Crippen LogP contribution < -0.4 is 0 Å². The molecule has 126 valence electrons. The highest BCUT2D eigenvalue weighted by molar-refractivity contribution is 7.91.